The molecule has 0 saturated heterocycles. The summed E-state index contributed by atoms with van der Waals surface area (Å²) in [5, 5.41) is 36.3. The van der Waals surface area contributed by atoms with Crippen molar-refractivity contribution < 1.29 is 19.9 Å². The molecule has 0 fully saturated rings. The molecule has 3 rings (SSSR count). The van der Waals surface area contributed by atoms with Crippen LogP contribution < -0.4 is 10.2 Å². The third kappa shape index (κ3) is 5.77. The summed E-state index contributed by atoms with van der Waals surface area (Å²) < 4.78 is 6.76. The normalized spacial score (nSPS) is 15.6. The SMILES string of the molecule is [2H]OCC(CO)CCCCNC(=O)c1ccc(/N=N\c2ccc3c(c2)C(C)(C)C(=C)N3C)c([N+](=O)[O-])c1. The van der Waals surface area contributed by atoms with Crippen LogP contribution in [0.5, 0.6) is 0 Å². The number of unbranched alkanes of at least 4 members (excludes halogenated alkanes) is 1. The standard InChI is InChI=1S/C26H33N5O5/c1-17-26(2,3)21-14-20(9-11-23(21)30(17)4)28-29-22-10-8-19(13-24(22)31(35)36)25(34)27-12-6-5-7-18(15-32)16-33/h8-11,13-14,18,32-33H,1,5-7,12,15-16H2,2-4H3,(H,27,34)/b29-28-/i32D. The molecular formula is C26H33N5O5. The van der Waals surface area contributed by atoms with Crippen LogP contribution in [0.15, 0.2) is 58.9 Å². The minimum absolute atomic E-state index is 0.0505. The van der Waals surface area contributed by atoms with Crippen LogP contribution in [0.3, 0.4) is 0 Å². The van der Waals surface area contributed by atoms with Crippen molar-refractivity contribution >= 4 is 28.7 Å². The summed E-state index contributed by atoms with van der Waals surface area (Å²) in [6.45, 7) is 8.80. The largest absolute Gasteiger partial charge is 0.396 e. The first-order valence-electron chi connectivity index (χ1n) is 12.3. The van der Waals surface area contributed by atoms with Gasteiger partial charge in [-0.25, -0.2) is 0 Å². The van der Waals surface area contributed by atoms with Gasteiger partial charge in [-0.1, -0.05) is 26.8 Å². The Morgan fingerprint density at radius 3 is 2.72 bits per heavy atom. The Hall–Kier alpha value is -3.63. The molecule has 192 valence electrons. The Kier molecular flexibility index (Phi) is 8.07. The van der Waals surface area contributed by atoms with Crippen LogP contribution in [0.4, 0.5) is 22.7 Å². The molecule has 36 heavy (non-hydrogen) atoms. The molecule has 1 aliphatic heterocycles. The van der Waals surface area contributed by atoms with Gasteiger partial charge >= 0.3 is 0 Å². The second-order valence-corrected chi connectivity index (χ2v) is 9.46. The smallest absolute Gasteiger partial charge is 0.297 e. The molecule has 0 saturated carbocycles. The van der Waals surface area contributed by atoms with E-state index >= 15 is 0 Å². The number of carbonyl (C=O) groups excluding carboxylic acids is 1. The molecule has 0 aliphatic carbocycles. The van der Waals surface area contributed by atoms with Gasteiger partial charge in [0.15, 0.2) is 5.69 Å². The van der Waals surface area contributed by atoms with E-state index < -0.39 is 10.8 Å². The zero-order chi connectivity index (χ0) is 27.2. The highest BCUT2D eigenvalue weighted by atomic mass is 16.6. The van der Waals surface area contributed by atoms with Crippen molar-refractivity contribution in [3.63, 3.8) is 0 Å². The molecule has 10 heteroatoms. The summed E-state index contributed by atoms with van der Waals surface area (Å²) in [6, 6.07) is 9.72. The quantitative estimate of drug-likeness (QED) is 0.168. The number of allylic oxidation sites excluding steroid dienone is 1. The minimum Gasteiger partial charge on any atom is -0.396 e. The third-order valence-corrected chi connectivity index (χ3v) is 6.67. The van der Waals surface area contributed by atoms with Gasteiger partial charge in [0.25, 0.3) is 11.6 Å². The van der Waals surface area contributed by atoms with Crippen molar-refractivity contribution in [1.82, 2.24) is 5.32 Å². The van der Waals surface area contributed by atoms with Crippen LogP contribution in [0.1, 0.15) is 49.0 Å². The Morgan fingerprint density at radius 1 is 1.25 bits per heavy atom. The lowest BCUT2D eigenvalue weighted by Crippen LogP contribution is -2.24. The summed E-state index contributed by atoms with van der Waals surface area (Å²) in [4.78, 5) is 25.6. The number of anilines is 1. The summed E-state index contributed by atoms with van der Waals surface area (Å²) in [7, 11) is 1.96. The number of likely N-dealkylation sites (N-methyl/N-ethyl adjacent to an activating group) is 1. The topological polar surface area (TPSA) is 141 Å². The number of azo groups is 1. The highest BCUT2D eigenvalue weighted by Crippen LogP contribution is 2.47. The Bertz CT molecular complexity index is 1200. The number of aliphatic hydroxyl groups excluding tert-OH is 2. The summed E-state index contributed by atoms with van der Waals surface area (Å²) >= 11 is 0. The van der Waals surface area contributed by atoms with Crippen molar-refractivity contribution in [3.8, 4) is 0 Å². The van der Waals surface area contributed by atoms with E-state index in [1.54, 1.807) is 6.07 Å². The van der Waals surface area contributed by atoms with Gasteiger partial charge in [-0.05, 0) is 48.7 Å². The third-order valence-electron chi connectivity index (χ3n) is 6.67. The van der Waals surface area contributed by atoms with Crippen molar-refractivity contribution in [2.45, 2.75) is 38.5 Å². The second kappa shape index (κ2) is 11.4. The van der Waals surface area contributed by atoms with Crippen LogP contribution in [-0.4, -0.2) is 49.3 Å². The van der Waals surface area contributed by atoms with Gasteiger partial charge in [-0.15, -0.1) is 5.11 Å². The van der Waals surface area contributed by atoms with Crippen LogP contribution in [-0.2, 0) is 5.41 Å². The summed E-state index contributed by atoms with van der Waals surface area (Å²) in [6.07, 6.45) is 2.07. The molecule has 1 aliphatic rings. The lowest BCUT2D eigenvalue weighted by Gasteiger charge is -2.22. The van der Waals surface area contributed by atoms with Crippen molar-refractivity contribution in [2.75, 3.05) is 31.7 Å². The van der Waals surface area contributed by atoms with E-state index in [9.17, 15) is 20.0 Å². The average molecular weight is 497 g/mol. The number of hydrogen-bond donors (Lipinski definition) is 3. The molecule has 1 unspecified atom stereocenters. The second-order valence-electron chi connectivity index (χ2n) is 9.46. The molecule has 10 nitrogen and oxygen atoms in total. The fourth-order valence-electron chi connectivity index (χ4n) is 4.20. The van der Waals surface area contributed by atoms with E-state index in [2.05, 4.69) is 41.1 Å². The lowest BCUT2D eigenvalue weighted by molar-refractivity contribution is -0.384. The Balaban J connectivity index is 1.67. The van der Waals surface area contributed by atoms with Gasteiger partial charge < -0.3 is 20.4 Å². The first kappa shape index (κ1) is 25.5. The monoisotopic (exact) mass is 496 g/mol. The first-order valence-corrected chi connectivity index (χ1v) is 11.8. The van der Waals surface area contributed by atoms with Gasteiger partial charge in [0.05, 0.1) is 10.6 Å². The Morgan fingerprint density at radius 2 is 2.03 bits per heavy atom. The minimum atomic E-state index is -0.584. The highest BCUT2D eigenvalue weighted by Gasteiger charge is 2.37. The number of nitro benzene ring substituents is 1. The summed E-state index contributed by atoms with van der Waals surface area (Å²) in [5.74, 6) is -0.536. The number of fused-ring (bicyclic) bond motifs is 1. The summed E-state index contributed by atoms with van der Waals surface area (Å²) in [5.41, 5.74) is 3.23. The number of nitrogens with one attached hydrogen (secondary N) is 1. The number of aliphatic hydroxyl groups is 2. The zero-order valence-electron chi connectivity index (χ0n) is 21.9. The molecule has 0 bridgehead atoms. The van der Waals surface area contributed by atoms with E-state index in [0.717, 1.165) is 23.4 Å². The van der Waals surface area contributed by atoms with Crippen molar-refractivity contribution in [2.24, 2.45) is 16.1 Å². The first-order chi connectivity index (χ1) is 17.6. The van der Waals surface area contributed by atoms with Crippen LogP contribution in [0, 0.1) is 16.0 Å². The molecule has 0 spiro atoms. The zero-order valence-corrected chi connectivity index (χ0v) is 20.9. The van der Waals surface area contributed by atoms with Gasteiger partial charge in [0, 0.05) is 61.2 Å². The van der Waals surface area contributed by atoms with Gasteiger partial charge in [0.1, 0.15) is 0 Å². The molecule has 3 N–H and O–H groups in total. The van der Waals surface area contributed by atoms with E-state index in [1.165, 1.54) is 18.2 Å². The molecule has 2 aromatic carbocycles. The van der Waals surface area contributed by atoms with Crippen molar-refractivity contribution in [1.29, 1.82) is 1.43 Å². The molecular weight excluding hydrogens is 462 g/mol. The van der Waals surface area contributed by atoms with E-state index in [4.69, 9.17) is 1.43 Å². The number of rotatable bonds is 12. The van der Waals surface area contributed by atoms with Gasteiger partial charge in [-0.2, -0.15) is 5.11 Å². The molecule has 1 atom stereocenters. The number of amides is 1. The molecule has 0 radical (unpaired) electrons. The van der Waals surface area contributed by atoms with Gasteiger partial charge in [0.2, 0.25) is 1.43 Å². The van der Waals surface area contributed by atoms with E-state index in [-0.39, 0.29) is 41.5 Å². The van der Waals surface area contributed by atoms with E-state index in [1.807, 2.05) is 24.1 Å². The lowest BCUT2D eigenvalue weighted by atomic mass is 9.84. The highest BCUT2D eigenvalue weighted by molar-refractivity contribution is 5.95. The number of nitrogens with zero attached hydrogens (tertiary/aromatic N) is 4. The molecule has 1 heterocycles. The van der Waals surface area contributed by atoms with E-state index in [0.29, 0.717) is 25.1 Å². The average Bonchev–Trinajstić information content (AvgIpc) is 3.05. The number of hydrogen-bond acceptors (Lipinski definition) is 8. The van der Waals surface area contributed by atoms with Crippen LogP contribution in [0.2, 0.25) is 0 Å². The maximum absolute atomic E-state index is 12.5. The maximum atomic E-state index is 12.5. The Labute approximate surface area is 212 Å². The number of nitro groups is 1. The maximum Gasteiger partial charge on any atom is 0.297 e. The molecule has 2 aromatic rings. The number of benzene rings is 2. The predicted molar refractivity (Wildman–Crippen MR) is 138 cm³/mol. The fourth-order valence-corrected chi connectivity index (χ4v) is 4.20. The fraction of sp³-hybridized carbons (Fsp3) is 0.423. The van der Waals surface area contributed by atoms with Crippen LogP contribution in [0.25, 0.3) is 0 Å². The number of carbonyl (C=O) groups is 1. The molecule has 1 amide bonds. The van der Waals surface area contributed by atoms with Crippen LogP contribution >= 0.6 is 0 Å². The predicted octanol–water partition coefficient (Wildman–Crippen LogP) is 4.75. The van der Waals surface area contributed by atoms with Gasteiger partial charge in [-0.3, -0.25) is 14.9 Å². The van der Waals surface area contributed by atoms with Crippen molar-refractivity contribution in [3.05, 3.63) is 69.9 Å². The molecule has 0 aromatic heterocycles.